The molecule has 0 radical (unpaired) electrons. The summed E-state index contributed by atoms with van der Waals surface area (Å²) in [5.41, 5.74) is 0.282. The molecule has 1 atom stereocenters. The standard InChI is InChI=1S/C21H30N2O3/c1-16-18(8-13-26-16)19(24)23-12-10-21(15-23)9-5-11-22(20(21)25)14-17-6-3-2-4-7-17/h8,13,17H,2-7,9-12,14-15H2,1H3. The van der Waals surface area contributed by atoms with Crippen molar-refractivity contribution in [2.45, 2.75) is 58.3 Å². The van der Waals surface area contributed by atoms with Crippen LogP contribution in [0.25, 0.3) is 0 Å². The van der Waals surface area contributed by atoms with Crippen molar-refractivity contribution in [3.05, 3.63) is 23.7 Å². The van der Waals surface area contributed by atoms with Crippen LogP contribution < -0.4 is 0 Å². The summed E-state index contributed by atoms with van der Waals surface area (Å²) in [4.78, 5) is 30.1. The van der Waals surface area contributed by atoms with E-state index in [0.717, 1.165) is 32.4 Å². The number of piperidine rings is 1. The largest absolute Gasteiger partial charge is 0.469 e. The zero-order valence-corrected chi connectivity index (χ0v) is 15.8. The van der Waals surface area contributed by atoms with Crippen molar-refractivity contribution < 1.29 is 14.0 Å². The van der Waals surface area contributed by atoms with Crippen LogP contribution in [-0.2, 0) is 4.79 Å². The van der Waals surface area contributed by atoms with Crippen LogP contribution in [0.15, 0.2) is 16.7 Å². The number of nitrogens with zero attached hydrogens (tertiary/aromatic N) is 2. The number of hydrogen-bond acceptors (Lipinski definition) is 3. The number of hydrogen-bond donors (Lipinski definition) is 0. The van der Waals surface area contributed by atoms with Crippen LogP contribution in [-0.4, -0.2) is 47.8 Å². The lowest BCUT2D eigenvalue weighted by molar-refractivity contribution is -0.146. The number of carbonyl (C=O) groups excluding carboxylic acids is 2. The minimum Gasteiger partial charge on any atom is -0.469 e. The molecule has 1 aromatic heterocycles. The molecule has 1 spiro atoms. The number of carbonyl (C=O) groups is 2. The Kier molecular flexibility index (Phi) is 4.80. The van der Waals surface area contributed by atoms with Crippen LogP contribution in [0.1, 0.15) is 67.5 Å². The van der Waals surface area contributed by atoms with Crippen LogP contribution in [0.3, 0.4) is 0 Å². The number of aryl methyl sites for hydroxylation is 1. The third-order valence-electron chi connectivity index (χ3n) is 6.76. The molecule has 3 aliphatic rings. The van der Waals surface area contributed by atoms with Gasteiger partial charge in [-0.1, -0.05) is 19.3 Å². The van der Waals surface area contributed by atoms with Gasteiger partial charge in [0.2, 0.25) is 5.91 Å². The molecule has 1 aromatic rings. The SMILES string of the molecule is Cc1occc1C(=O)N1CCC2(CCCN(CC3CCCCC3)C2=O)C1. The maximum absolute atomic E-state index is 13.3. The van der Waals surface area contributed by atoms with E-state index in [1.165, 1.54) is 32.1 Å². The second-order valence-electron chi connectivity index (χ2n) is 8.51. The zero-order chi connectivity index (χ0) is 18.1. The Balaban J connectivity index is 1.43. The maximum Gasteiger partial charge on any atom is 0.257 e. The zero-order valence-electron chi connectivity index (χ0n) is 15.8. The molecule has 1 saturated carbocycles. The molecule has 2 saturated heterocycles. The van der Waals surface area contributed by atoms with Gasteiger partial charge in [-0.15, -0.1) is 0 Å². The highest BCUT2D eigenvalue weighted by molar-refractivity contribution is 5.96. The minimum absolute atomic E-state index is 0.00493. The Hall–Kier alpha value is -1.78. The van der Waals surface area contributed by atoms with Gasteiger partial charge in [-0.3, -0.25) is 9.59 Å². The van der Waals surface area contributed by atoms with E-state index in [2.05, 4.69) is 4.90 Å². The van der Waals surface area contributed by atoms with Crippen molar-refractivity contribution in [3.63, 3.8) is 0 Å². The predicted octanol–water partition coefficient (Wildman–Crippen LogP) is 3.62. The highest BCUT2D eigenvalue weighted by atomic mass is 16.3. The summed E-state index contributed by atoms with van der Waals surface area (Å²) in [6.07, 6.45) is 10.8. The fourth-order valence-corrected chi connectivity index (χ4v) is 5.21. The second kappa shape index (κ2) is 7.09. The highest BCUT2D eigenvalue weighted by Crippen LogP contribution is 2.41. The summed E-state index contributed by atoms with van der Waals surface area (Å²) in [6.45, 7) is 4.88. The molecule has 1 aliphatic carbocycles. The topological polar surface area (TPSA) is 53.8 Å². The van der Waals surface area contributed by atoms with Crippen molar-refractivity contribution in [3.8, 4) is 0 Å². The monoisotopic (exact) mass is 358 g/mol. The maximum atomic E-state index is 13.3. The number of furan rings is 1. The first-order valence-electron chi connectivity index (χ1n) is 10.2. The molecule has 5 nitrogen and oxygen atoms in total. The molecular weight excluding hydrogens is 328 g/mol. The molecule has 5 heteroatoms. The van der Waals surface area contributed by atoms with Gasteiger partial charge in [-0.05, 0) is 51.0 Å². The van der Waals surface area contributed by atoms with E-state index in [-0.39, 0.29) is 11.3 Å². The lowest BCUT2D eigenvalue weighted by atomic mass is 9.77. The average molecular weight is 358 g/mol. The van der Waals surface area contributed by atoms with Crippen LogP contribution in [0.5, 0.6) is 0 Å². The smallest absolute Gasteiger partial charge is 0.257 e. The van der Waals surface area contributed by atoms with Crippen molar-refractivity contribution >= 4 is 11.8 Å². The Labute approximate surface area is 155 Å². The van der Waals surface area contributed by atoms with E-state index >= 15 is 0 Å². The first-order valence-corrected chi connectivity index (χ1v) is 10.2. The van der Waals surface area contributed by atoms with E-state index in [4.69, 9.17) is 4.42 Å². The van der Waals surface area contributed by atoms with Gasteiger partial charge < -0.3 is 14.2 Å². The lowest BCUT2D eigenvalue weighted by Gasteiger charge is -2.41. The summed E-state index contributed by atoms with van der Waals surface area (Å²) in [7, 11) is 0. The Morgan fingerprint density at radius 1 is 1.19 bits per heavy atom. The first kappa shape index (κ1) is 17.6. The predicted molar refractivity (Wildman–Crippen MR) is 98.8 cm³/mol. The molecule has 3 fully saturated rings. The quantitative estimate of drug-likeness (QED) is 0.829. The van der Waals surface area contributed by atoms with Crippen molar-refractivity contribution in [2.75, 3.05) is 26.2 Å². The fraction of sp³-hybridized carbons (Fsp3) is 0.714. The van der Waals surface area contributed by atoms with E-state index in [9.17, 15) is 9.59 Å². The summed E-state index contributed by atoms with van der Waals surface area (Å²) < 4.78 is 5.28. The van der Waals surface area contributed by atoms with Gasteiger partial charge in [-0.2, -0.15) is 0 Å². The molecule has 2 aliphatic heterocycles. The molecule has 142 valence electrons. The van der Waals surface area contributed by atoms with E-state index in [1.807, 2.05) is 11.8 Å². The van der Waals surface area contributed by atoms with Crippen LogP contribution in [0.4, 0.5) is 0 Å². The third kappa shape index (κ3) is 3.17. The summed E-state index contributed by atoms with van der Waals surface area (Å²) in [5, 5.41) is 0. The van der Waals surface area contributed by atoms with Crippen molar-refractivity contribution in [2.24, 2.45) is 11.3 Å². The summed E-state index contributed by atoms with van der Waals surface area (Å²) in [5.74, 6) is 1.64. The van der Waals surface area contributed by atoms with Crippen LogP contribution >= 0.6 is 0 Å². The summed E-state index contributed by atoms with van der Waals surface area (Å²) in [6, 6.07) is 1.74. The van der Waals surface area contributed by atoms with E-state index in [0.29, 0.717) is 36.2 Å². The Morgan fingerprint density at radius 3 is 2.73 bits per heavy atom. The number of rotatable bonds is 3. The lowest BCUT2D eigenvalue weighted by Crippen LogP contribution is -2.51. The molecule has 26 heavy (non-hydrogen) atoms. The molecular formula is C21H30N2O3. The van der Waals surface area contributed by atoms with Crippen LogP contribution in [0.2, 0.25) is 0 Å². The van der Waals surface area contributed by atoms with Gasteiger partial charge in [0.15, 0.2) is 0 Å². The Bertz CT molecular complexity index is 677. The van der Waals surface area contributed by atoms with Gasteiger partial charge in [0.05, 0.1) is 17.2 Å². The minimum atomic E-state index is -0.347. The average Bonchev–Trinajstić information content (AvgIpc) is 3.27. The number of likely N-dealkylation sites (tertiary alicyclic amines) is 2. The van der Waals surface area contributed by atoms with E-state index < -0.39 is 0 Å². The fourth-order valence-electron chi connectivity index (χ4n) is 5.21. The first-order chi connectivity index (χ1) is 12.6. The van der Waals surface area contributed by atoms with Gasteiger partial charge in [0.25, 0.3) is 5.91 Å². The molecule has 3 heterocycles. The second-order valence-corrected chi connectivity index (χ2v) is 8.51. The molecule has 0 N–H and O–H groups in total. The van der Waals surface area contributed by atoms with Gasteiger partial charge in [-0.25, -0.2) is 0 Å². The van der Waals surface area contributed by atoms with Crippen LogP contribution in [0, 0.1) is 18.3 Å². The molecule has 0 bridgehead atoms. The third-order valence-corrected chi connectivity index (χ3v) is 6.76. The number of amides is 2. The normalized spacial score (nSPS) is 27.5. The van der Waals surface area contributed by atoms with Gasteiger partial charge in [0, 0.05) is 26.2 Å². The van der Waals surface area contributed by atoms with Crippen molar-refractivity contribution in [1.82, 2.24) is 9.80 Å². The Morgan fingerprint density at radius 2 is 2.00 bits per heavy atom. The summed E-state index contributed by atoms with van der Waals surface area (Å²) >= 11 is 0. The molecule has 2 amide bonds. The molecule has 0 aromatic carbocycles. The van der Waals surface area contributed by atoms with Gasteiger partial charge in [0.1, 0.15) is 5.76 Å². The van der Waals surface area contributed by atoms with Gasteiger partial charge >= 0.3 is 0 Å². The van der Waals surface area contributed by atoms with E-state index in [1.54, 1.807) is 12.3 Å². The molecule has 4 rings (SSSR count). The molecule has 1 unspecified atom stereocenters. The highest BCUT2D eigenvalue weighted by Gasteiger charge is 2.49. The van der Waals surface area contributed by atoms with Crippen molar-refractivity contribution in [1.29, 1.82) is 0 Å².